The van der Waals surface area contributed by atoms with E-state index in [0.717, 1.165) is 67.3 Å². The number of nitrogens with zero attached hydrogens (tertiary/aromatic N) is 2. The molecule has 4 heteroatoms. The summed E-state index contributed by atoms with van der Waals surface area (Å²) in [5, 5.41) is 2.17. The molecule has 0 aliphatic rings. The summed E-state index contributed by atoms with van der Waals surface area (Å²) in [5.74, 6) is 1.66. The van der Waals surface area contributed by atoms with Gasteiger partial charge in [0.15, 0.2) is 11.5 Å². The van der Waals surface area contributed by atoms with Gasteiger partial charge in [0.05, 0.1) is 22.4 Å². The fourth-order valence-electron chi connectivity index (χ4n) is 5.68. The van der Waals surface area contributed by atoms with E-state index in [9.17, 15) is 0 Å². The molecule has 4 heterocycles. The van der Waals surface area contributed by atoms with E-state index in [-0.39, 0.29) is 0 Å². The maximum atomic E-state index is 6.41. The van der Waals surface area contributed by atoms with Gasteiger partial charge in [-0.2, -0.15) is 0 Å². The molecule has 0 amide bonds. The van der Waals surface area contributed by atoms with Crippen LogP contribution in [-0.2, 0) is 0 Å². The number of aryl methyl sites for hydroxylation is 2. The number of hydrogen-bond acceptors (Lipinski definition) is 2. The molecule has 8 aromatic rings. The Hall–Kier alpha value is -5.22. The number of furan rings is 2. The smallest absolute Gasteiger partial charge is 0.152 e. The molecular weight excluding hydrogens is 492 g/mol. The van der Waals surface area contributed by atoms with Crippen molar-refractivity contribution in [1.82, 2.24) is 9.13 Å². The lowest BCUT2D eigenvalue weighted by atomic mass is 10.2. The average Bonchev–Trinajstić information content (AvgIpc) is 3.74. The summed E-state index contributed by atoms with van der Waals surface area (Å²) in [4.78, 5) is 0. The van der Waals surface area contributed by atoms with Crippen LogP contribution in [0.25, 0.3) is 67.3 Å². The van der Waals surface area contributed by atoms with Crippen LogP contribution in [0.3, 0.4) is 0 Å². The van der Waals surface area contributed by atoms with Crippen LogP contribution >= 0.6 is 0 Å². The molecule has 4 aromatic heterocycles. The van der Waals surface area contributed by atoms with Crippen LogP contribution in [0.5, 0.6) is 0 Å². The normalized spacial score (nSPS) is 11.8. The molecule has 4 nitrogen and oxygen atoms in total. The van der Waals surface area contributed by atoms with Crippen LogP contribution in [0.2, 0.25) is 0 Å². The second kappa shape index (κ2) is 8.65. The van der Waals surface area contributed by atoms with Crippen molar-refractivity contribution in [2.75, 3.05) is 0 Å². The number of benzene rings is 4. The Balaban J connectivity index is 1.46. The lowest BCUT2D eigenvalue weighted by Crippen LogP contribution is -1.96. The number of hydrogen-bond donors (Lipinski definition) is 0. The van der Waals surface area contributed by atoms with Gasteiger partial charge in [-0.3, -0.25) is 0 Å². The monoisotopic (exact) mass is 518 g/mol. The van der Waals surface area contributed by atoms with Gasteiger partial charge in [0.1, 0.15) is 11.2 Å². The van der Waals surface area contributed by atoms with Crippen molar-refractivity contribution in [2.24, 2.45) is 0 Å². The molecule has 8 rings (SSSR count). The fourth-order valence-corrected chi connectivity index (χ4v) is 5.68. The third-order valence-electron chi connectivity index (χ3n) is 7.71. The maximum Gasteiger partial charge on any atom is 0.152 e. The molecule has 0 radical (unpaired) electrons. The molecule has 0 unspecified atom stereocenters. The van der Waals surface area contributed by atoms with Crippen LogP contribution in [0, 0.1) is 13.8 Å². The number of rotatable bonds is 4. The van der Waals surface area contributed by atoms with Crippen LogP contribution < -0.4 is 0 Å². The topological polar surface area (TPSA) is 36.1 Å². The van der Waals surface area contributed by atoms with Crippen molar-refractivity contribution in [3.63, 3.8) is 0 Å². The lowest BCUT2D eigenvalue weighted by molar-refractivity contribution is 0.626. The summed E-state index contributed by atoms with van der Waals surface area (Å²) in [6.45, 7) is 4.23. The minimum atomic E-state index is 0.832. The van der Waals surface area contributed by atoms with E-state index in [1.54, 1.807) is 0 Å². The molecule has 0 spiro atoms. The third-order valence-corrected chi connectivity index (χ3v) is 7.71. The Bertz CT molecular complexity index is 1940. The first-order valence-corrected chi connectivity index (χ1v) is 13.5. The summed E-state index contributed by atoms with van der Waals surface area (Å²) in [6, 6.07) is 42.4. The maximum absolute atomic E-state index is 6.41. The second-order valence-electron chi connectivity index (χ2n) is 10.5. The predicted molar refractivity (Wildman–Crippen MR) is 162 cm³/mol. The van der Waals surface area contributed by atoms with Gasteiger partial charge in [-0.25, -0.2) is 0 Å². The second-order valence-corrected chi connectivity index (χ2v) is 10.5. The first kappa shape index (κ1) is 22.7. The highest BCUT2D eigenvalue weighted by atomic mass is 16.3. The summed E-state index contributed by atoms with van der Waals surface area (Å²) < 4.78 is 17.4. The van der Waals surface area contributed by atoms with Gasteiger partial charge in [0, 0.05) is 22.1 Å². The van der Waals surface area contributed by atoms with E-state index in [0.29, 0.717) is 0 Å². The molecule has 0 fully saturated rings. The zero-order chi connectivity index (χ0) is 26.8. The molecule has 0 bridgehead atoms. The zero-order valence-corrected chi connectivity index (χ0v) is 22.3. The van der Waals surface area contributed by atoms with Crippen molar-refractivity contribution in [1.29, 1.82) is 0 Å². The predicted octanol–water partition coefficient (Wildman–Crippen LogP) is 9.86. The largest absolute Gasteiger partial charge is 0.455 e. The molecule has 0 saturated carbocycles. The summed E-state index contributed by atoms with van der Waals surface area (Å²) in [5.41, 5.74) is 10.5. The van der Waals surface area contributed by atoms with E-state index in [4.69, 9.17) is 8.83 Å². The van der Waals surface area contributed by atoms with E-state index in [2.05, 4.69) is 108 Å². The first-order valence-electron chi connectivity index (χ1n) is 13.5. The summed E-state index contributed by atoms with van der Waals surface area (Å²) in [7, 11) is 0. The van der Waals surface area contributed by atoms with Crippen molar-refractivity contribution in [3.8, 4) is 34.3 Å². The van der Waals surface area contributed by atoms with E-state index < -0.39 is 0 Å². The molecule has 40 heavy (non-hydrogen) atoms. The van der Waals surface area contributed by atoms with Crippen molar-refractivity contribution < 1.29 is 8.83 Å². The molecule has 0 aliphatic heterocycles. The highest BCUT2D eigenvalue weighted by Crippen LogP contribution is 2.41. The molecule has 0 aliphatic carbocycles. The number of para-hydroxylation sites is 2. The standard InChI is InChI=1S/C36H26N2O2/c1-23-11-15-27(16-12-23)37-29-21-32(36-20-26-8-4-6-10-34(26)40-36)38(28-17-13-24(2)14-18-28)30(29)22-31(37)35-19-25-7-3-5-9-33(25)39-35/h3-22H,1-2H3. The highest BCUT2D eigenvalue weighted by Gasteiger charge is 2.23. The number of aromatic nitrogens is 2. The highest BCUT2D eigenvalue weighted by molar-refractivity contribution is 5.95. The van der Waals surface area contributed by atoms with E-state index in [1.807, 2.05) is 36.4 Å². The SMILES string of the molecule is Cc1ccc(-n2c(-c3cc4ccccc4o3)cc3c2cc(-c2cc4ccccc4o2)n3-c2ccc(C)cc2)cc1. The van der Waals surface area contributed by atoms with E-state index in [1.165, 1.54) is 11.1 Å². The molecule has 0 N–H and O–H groups in total. The molecule has 0 atom stereocenters. The Kier molecular flexibility index (Phi) is 4.92. The Labute approximate surface area is 231 Å². The molecule has 4 aromatic carbocycles. The zero-order valence-electron chi connectivity index (χ0n) is 22.3. The average molecular weight is 519 g/mol. The Morgan fingerprint density at radius 3 is 1.25 bits per heavy atom. The van der Waals surface area contributed by atoms with Crippen molar-refractivity contribution in [2.45, 2.75) is 13.8 Å². The number of fused-ring (bicyclic) bond motifs is 3. The molecule has 0 saturated heterocycles. The van der Waals surface area contributed by atoms with Crippen LogP contribution in [-0.4, -0.2) is 9.13 Å². The van der Waals surface area contributed by atoms with Gasteiger partial charge >= 0.3 is 0 Å². The Morgan fingerprint density at radius 1 is 0.450 bits per heavy atom. The van der Waals surface area contributed by atoms with E-state index >= 15 is 0 Å². The van der Waals surface area contributed by atoms with Crippen LogP contribution in [0.15, 0.2) is 130 Å². The minimum absolute atomic E-state index is 0.832. The molecule has 192 valence electrons. The summed E-state index contributed by atoms with van der Waals surface area (Å²) in [6.07, 6.45) is 0. The quantitative estimate of drug-likeness (QED) is 0.232. The van der Waals surface area contributed by atoms with Crippen molar-refractivity contribution >= 4 is 33.0 Å². The minimum Gasteiger partial charge on any atom is -0.455 e. The lowest BCUT2D eigenvalue weighted by Gasteiger charge is -2.10. The first-order chi connectivity index (χ1) is 19.6. The summed E-state index contributed by atoms with van der Waals surface area (Å²) >= 11 is 0. The molecular formula is C36H26N2O2. The van der Waals surface area contributed by atoms with Crippen molar-refractivity contribution in [3.05, 3.63) is 132 Å². The van der Waals surface area contributed by atoms with Crippen LogP contribution in [0.1, 0.15) is 11.1 Å². The fraction of sp³-hybridized carbons (Fsp3) is 0.0556. The third kappa shape index (κ3) is 3.53. The van der Waals surface area contributed by atoms with Gasteiger partial charge in [-0.15, -0.1) is 0 Å². The van der Waals surface area contributed by atoms with Gasteiger partial charge < -0.3 is 18.0 Å². The van der Waals surface area contributed by atoms with Gasteiger partial charge in [0.2, 0.25) is 0 Å². The Morgan fingerprint density at radius 2 is 0.850 bits per heavy atom. The van der Waals surface area contributed by atoms with Crippen LogP contribution in [0.4, 0.5) is 0 Å². The van der Waals surface area contributed by atoms with Gasteiger partial charge in [-0.05, 0) is 74.5 Å². The van der Waals surface area contributed by atoms with Gasteiger partial charge in [-0.1, -0.05) is 71.8 Å². The van der Waals surface area contributed by atoms with Gasteiger partial charge in [0.25, 0.3) is 0 Å².